The largest absolute Gasteiger partial charge is 0.493 e. The molecule has 0 spiro atoms. The number of benzene rings is 2. The number of methoxy groups -OCH3 is 2. The van der Waals surface area contributed by atoms with E-state index >= 15 is 0 Å². The lowest BCUT2D eigenvalue weighted by molar-refractivity contribution is 0.354. The van der Waals surface area contributed by atoms with Crippen LogP contribution >= 0.6 is 0 Å². The normalized spacial score (nSPS) is 11.2. The van der Waals surface area contributed by atoms with Crippen molar-refractivity contribution in [2.75, 3.05) is 14.2 Å². The van der Waals surface area contributed by atoms with E-state index in [1.165, 1.54) is 0 Å². The Morgan fingerprint density at radius 2 is 1.70 bits per heavy atom. The van der Waals surface area contributed by atoms with Gasteiger partial charge in [0.25, 0.3) is 0 Å². The first kappa shape index (κ1) is 13.9. The predicted molar refractivity (Wildman–Crippen MR) is 80.4 cm³/mol. The van der Waals surface area contributed by atoms with Crippen LogP contribution in [-0.4, -0.2) is 20.1 Å². The Bertz CT molecular complexity index is 595. The van der Waals surface area contributed by atoms with E-state index in [-0.39, 0.29) is 0 Å². The molecule has 2 rings (SSSR count). The van der Waals surface area contributed by atoms with Crippen molar-refractivity contribution >= 4 is 5.84 Å². The Morgan fingerprint density at radius 1 is 1.00 bits per heavy atom. The highest BCUT2D eigenvalue weighted by Crippen LogP contribution is 2.27. The molecule has 104 valence electrons. The van der Waals surface area contributed by atoms with Crippen molar-refractivity contribution < 1.29 is 9.47 Å². The zero-order valence-electron chi connectivity index (χ0n) is 11.7. The Morgan fingerprint density at radius 3 is 2.35 bits per heavy atom. The van der Waals surface area contributed by atoms with Crippen LogP contribution in [-0.2, 0) is 6.54 Å². The van der Waals surface area contributed by atoms with E-state index in [1.54, 1.807) is 14.2 Å². The highest BCUT2D eigenvalue weighted by molar-refractivity contribution is 5.97. The topological polar surface area (TPSA) is 56.8 Å². The first-order chi connectivity index (χ1) is 9.74. The molecule has 0 amide bonds. The number of rotatable bonds is 5. The van der Waals surface area contributed by atoms with Crippen LogP contribution in [0, 0.1) is 0 Å². The molecule has 2 N–H and O–H groups in total. The van der Waals surface area contributed by atoms with Crippen LogP contribution < -0.4 is 15.2 Å². The summed E-state index contributed by atoms with van der Waals surface area (Å²) in [6, 6.07) is 15.4. The summed E-state index contributed by atoms with van der Waals surface area (Å²) in [5, 5.41) is 0. The van der Waals surface area contributed by atoms with Crippen LogP contribution in [0.15, 0.2) is 53.5 Å². The molecule has 0 radical (unpaired) electrons. The third-order valence-electron chi connectivity index (χ3n) is 2.95. The number of aliphatic imine (C=N–C) groups is 1. The van der Waals surface area contributed by atoms with Crippen molar-refractivity contribution in [3.63, 3.8) is 0 Å². The maximum atomic E-state index is 5.96. The van der Waals surface area contributed by atoms with Gasteiger partial charge in [-0.1, -0.05) is 36.4 Å². The van der Waals surface area contributed by atoms with E-state index in [4.69, 9.17) is 15.2 Å². The first-order valence-electron chi connectivity index (χ1n) is 6.31. The summed E-state index contributed by atoms with van der Waals surface area (Å²) in [5.74, 6) is 1.93. The highest BCUT2D eigenvalue weighted by Gasteiger charge is 2.04. The summed E-state index contributed by atoms with van der Waals surface area (Å²) in [5.41, 5.74) is 7.90. The van der Waals surface area contributed by atoms with Crippen molar-refractivity contribution in [3.8, 4) is 11.5 Å². The molecule has 0 fully saturated rings. The Hall–Kier alpha value is -2.49. The standard InChI is InChI=1S/C16H18N2O2/c1-19-14-9-8-12(10-15(14)20-2)11-18-16(17)13-6-4-3-5-7-13/h3-10H,11H2,1-2H3,(H2,17,18). The maximum absolute atomic E-state index is 5.96. The van der Waals surface area contributed by atoms with Crippen LogP contribution in [0.25, 0.3) is 0 Å². The second-order valence-corrected chi connectivity index (χ2v) is 4.26. The van der Waals surface area contributed by atoms with Crippen LogP contribution in [0.2, 0.25) is 0 Å². The van der Waals surface area contributed by atoms with Gasteiger partial charge >= 0.3 is 0 Å². The Balaban J connectivity index is 2.14. The van der Waals surface area contributed by atoms with Gasteiger partial charge in [0, 0.05) is 5.56 Å². The minimum absolute atomic E-state index is 0.501. The summed E-state index contributed by atoms with van der Waals surface area (Å²) in [6.45, 7) is 0.501. The zero-order valence-corrected chi connectivity index (χ0v) is 11.7. The van der Waals surface area contributed by atoms with Gasteiger partial charge in [-0.15, -0.1) is 0 Å². The molecule has 0 heterocycles. The molecule has 0 saturated carbocycles. The van der Waals surface area contributed by atoms with Gasteiger partial charge in [0.2, 0.25) is 0 Å². The van der Waals surface area contributed by atoms with Crippen molar-refractivity contribution in [2.24, 2.45) is 10.7 Å². The van der Waals surface area contributed by atoms with Gasteiger partial charge in [-0.3, -0.25) is 4.99 Å². The lowest BCUT2D eigenvalue weighted by atomic mass is 10.2. The first-order valence-corrected chi connectivity index (χ1v) is 6.31. The molecule has 20 heavy (non-hydrogen) atoms. The minimum Gasteiger partial charge on any atom is -0.493 e. The quantitative estimate of drug-likeness (QED) is 0.671. The van der Waals surface area contributed by atoms with Crippen LogP contribution in [0.1, 0.15) is 11.1 Å². The fourth-order valence-corrected chi connectivity index (χ4v) is 1.86. The predicted octanol–water partition coefficient (Wildman–Crippen LogP) is 2.61. The number of ether oxygens (including phenoxy) is 2. The summed E-state index contributed by atoms with van der Waals surface area (Å²) in [7, 11) is 3.23. The van der Waals surface area contributed by atoms with Gasteiger partial charge in [0.05, 0.1) is 20.8 Å². The van der Waals surface area contributed by atoms with E-state index in [0.29, 0.717) is 23.9 Å². The van der Waals surface area contributed by atoms with E-state index in [1.807, 2.05) is 48.5 Å². The second kappa shape index (κ2) is 6.61. The molecule has 0 aliphatic carbocycles. The molecular formula is C16H18N2O2. The summed E-state index contributed by atoms with van der Waals surface area (Å²) >= 11 is 0. The smallest absolute Gasteiger partial charge is 0.161 e. The molecule has 2 aromatic rings. The van der Waals surface area contributed by atoms with Crippen molar-refractivity contribution in [1.29, 1.82) is 0 Å². The number of nitrogens with two attached hydrogens (primary N) is 1. The van der Waals surface area contributed by atoms with E-state index in [0.717, 1.165) is 11.1 Å². The minimum atomic E-state index is 0.501. The fraction of sp³-hybridized carbons (Fsp3) is 0.188. The van der Waals surface area contributed by atoms with E-state index in [9.17, 15) is 0 Å². The fourth-order valence-electron chi connectivity index (χ4n) is 1.86. The number of hydrogen-bond donors (Lipinski definition) is 1. The van der Waals surface area contributed by atoms with Crippen LogP contribution in [0.5, 0.6) is 11.5 Å². The molecule has 4 heteroatoms. The Labute approximate surface area is 118 Å². The van der Waals surface area contributed by atoms with E-state index in [2.05, 4.69) is 4.99 Å². The number of nitrogens with zero attached hydrogens (tertiary/aromatic N) is 1. The molecule has 0 bridgehead atoms. The summed E-state index contributed by atoms with van der Waals surface area (Å²) < 4.78 is 10.5. The van der Waals surface area contributed by atoms with Gasteiger partial charge < -0.3 is 15.2 Å². The average Bonchev–Trinajstić information content (AvgIpc) is 2.53. The van der Waals surface area contributed by atoms with Gasteiger partial charge in [-0.25, -0.2) is 0 Å². The molecular weight excluding hydrogens is 252 g/mol. The molecule has 0 saturated heterocycles. The number of amidine groups is 1. The summed E-state index contributed by atoms with van der Waals surface area (Å²) in [6.07, 6.45) is 0. The third-order valence-corrected chi connectivity index (χ3v) is 2.95. The SMILES string of the molecule is COc1ccc(CN=C(N)c2ccccc2)cc1OC. The van der Waals surface area contributed by atoms with Crippen molar-refractivity contribution in [3.05, 3.63) is 59.7 Å². The zero-order chi connectivity index (χ0) is 14.4. The van der Waals surface area contributed by atoms with Crippen molar-refractivity contribution in [1.82, 2.24) is 0 Å². The van der Waals surface area contributed by atoms with Gasteiger partial charge in [0.15, 0.2) is 11.5 Å². The van der Waals surface area contributed by atoms with Crippen molar-refractivity contribution in [2.45, 2.75) is 6.54 Å². The molecule has 0 aromatic heterocycles. The van der Waals surface area contributed by atoms with E-state index < -0.39 is 0 Å². The Kier molecular flexibility index (Phi) is 4.60. The van der Waals surface area contributed by atoms with Crippen LogP contribution in [0.4, 0.5) is 0 Å². The van der Waals surface area contributed by atoms with Gasteiger partial charge in [0.1, 0.15) is 5.84 Å². The van der Waals surface area contributed by atoms with Gasteiger partial charge in [-0.05, 0) is 17.7 Å². The molecule has 2 aromatic carbocycles. The molecule has 0 aliphatic heterocycles. The molecule has 4 nitrogen and oxygen atoms in total. The number of hydrogen-bond acceptors (Lipinski definition) is 3. The van der Waals surface area contributed by atoms with Gasteiger partial charge in [-0.2, -0.15) is 0 Å². The summed E-state index contributed by atoms with van der Waals surface area (Å²) in [4.78, 5) is 4.39. The molecule has 0 unspecified atom stereocenters. The second-order valence-electron chi connectivity index (χ2n) is 4.26. The molecule has 0 atom stereocenters. The highest BCUT2D eigenvalue weighted by atomic mass is 16.5. The monoisotopic (exact) mass is 270 g/mol. The molecule has 0 aliphatic rings. The average molecular weight is 270 g/mol. The maximum Gasteiger partial charge on any atom is 0.161 e. The lowest BCUT2D eigenvalue weighted by Gasteiger charge is -2.08. The third kappa shape index (κ3) is 3.29. The van der Waals surface area contributed by atoms with Crippen LogP contribution in [0.3, 0.4) is 0 Å². The lowest BCUT2D eigenvalue weighted by Crippen LogP contribution is -2.13.